The largest absolute Gasteiger partial charge is 0.360 e. The lowest BCUT2D eigenvalue weighted by Gasteiger charge is -2.29. The number of carbonyl (C=O) groups is 1. The number of nitriles is 1. The number of halogens is 1. The van der Waals surface area contributed by atoms with E-state index in [2.05, 4.69) is 21.2 Å². The van der Waals surface area contributed by atoms with E-state index in [-0.39, 0.29) is 11.5 Å². The smallest absolute Gasteiger partial charge is 0.270 e. The molecule has 0 fully saturated rings. The number of hydrogen-bond donors (Lipinski definition) is 1. The van der Waals surface area contributed by atoms with Crippen LogP contribution in [0.3, 0.4) is 0 Å². The molecule has 5 heteroatoms. The number of benzene rings is 2. The first kappa shape index (κ1) is 16.3. The van der Waals surface area contributed by atoms with E-state index >= 15 is 0 Å². The number of fused-ring (bicyclic) bond motifs is 1. The summed E-state index contributed by atoms with van der Waals surface area (Å²) in [5, 5.41) is 12.4. The Hall–Kier alpha value is -2.58. The summed E-state index contributed by atoms with van der Waals surface area (Å²) in [7, 11) is 0. The van der Waals surface area contributed by atoms with E-state index < -0.39 is 0 Å². The fourth-order valence-corrected chi connectivity index (χ4v) is 3.00. The summed E-state index contributed by atoms with van der Waals surface area (Å²) in [5.41, 5.74) is 2.96. The van der Waals surface area contributed by atoms with Gasteiger partial charge in [-0.2, -0.15) is 5.26 Å². The highest BCUT2D eigenvalue weighted by Gasteiger charge is 2.24. The van der Waals surface area contributed by atoms with Gasteiger partial charge in [-0.05, 0) is 48.7 Å². The first-order chi connectivity index (χ1) is 11.7. The standard InChI is InChI=1S/C19H16BrN3O/c20-16-7-9-17(10-8-16)22-13-15(12-21)19(24)23-11-3-5-14-4-1-2-6-18(14)23/h1-2,4,6-10,13,22H,3,5,11H2/b15-13-. The molecule has 1 aliphatic rings. The van der Waals surface area contributed by atoms with Gasteiger partial charge in [0.05, 0.1) is 0 Å². The molecule has 1 amide bonds. The van der Waals surface area contributed by atoms with Gasteiger partial charge in [-0.25, -0.2) is 0 Å². The molecule has 1 N–H and O–H groups in total. The first-order valence-corrected chi connectivity index (χ1v) is 8.50. The highest BCUT2D eigenvalue weighted by atomic mass is 79.9. The third-order valence-electron chi connectivity index (χ3n) is 3.93. The van der Waals surface area contributed by atoms with E-state index in [1.807, 2.05) is 54.6 Å². The highest BCUT2D eigenvalue weighted by Crippen LogP contribution is 2.27. The first-order valence-electron chi connectivity index (χ1n) is 7.71. The minimum absolute atomic E-state index is 0.0922. The van der Waals surface area contributed by atoms with Crippen molar-refractivity contribution in [3.63, 3.8) is 0 Å². The van der Waals surface area contributed by atoms with Gasteiger partial charge in [0.15, 0.2) is 0 Å². The second-order valence-electron chi connectivity index (χ2n) is 5.51. The van der Waals surface area contributed by atoms with Crippen LogP contribution in [-0.4, -0.2) is 12.5 Å². The topological polar surface area (TPSA) is 56.1 Å². The predicted octanol–water partition coefficient (Wildman–Crippen LogP) is 4.25. The number of anilines is 2. The van der Waals surface area contributed by atoms with Crippen molar-refractivity contribution in [2.24, 2.45) is 0 Å². The lowest BCUT2D eigenvalue weighted by atomic mass is 10.0. The Morgan fingerprint density at radius 1 is 1.21 bits per heavy atom. The normalized spacial score (nSPS) is 13.8. The Morgan fingerprint density at radius 2 is 1.96 bits per heavy atom. The predicted molar refractivity (Wildman–Crippen MR) is 98.6 cm³/mol. The second-order valence-corrected chi connectivity index (χ2v) is 6.43. The number of amides is 1. The number of rotatable bonds is 3. The number of carbonyl (C=O) groups excluding carboxylic acids is 1. The molecule has 0 aromatic heterocycles. The van der Waals surface area contributed by atoms with Crippen LogP contribution in [0.2, 0.25) is 0 Å². The Labute approximate surface area is 149 Å². The summed E-state index contributed by atoms with van der Waals surface area (Å²) >= 11 is 3.37. The van der Waals surface area contributed by atoms with Crippen molar-refractivity contribution < 1.29 is 4.79 Å². The van der Waals surface area contributed by atoms with Gasteiger partial charge in [0.2, 0.25) is 0 Å². The Bertz CT molecular complexity index is 821. The molecule has 1 aliphatic heterocycles. The molecule has 24 heavy (non-hydrogen) atoms. The average Bonchev–Trinajstić information content (AvgIpc) is 2.63. The van der Waals surface area contributed by atoms with E-state index in [1.54, 1.807) is 4.90 Å². The van der Waals surface area contributed by atoms with Gasteiger partial charge in [-0.1, -0.05) is 34.1 Å². The van der Waals surface area contributed by atoms with Crippen LogP contribution >= 0.6 is 15.9 Å². The van der Waals surface area contributed by atoms with Gasteiger partial charge in [0.1, 0.15) is 11.6 Å². The number of hydrogen-bond acceptors (Lipinski definition) is 3. The summed E-state index contributed by atoms with van der Waals surface area (Å²) in [5.74, 6) is -0.269. The molecule has 3 rings (SSSR count). The molecule has 0 radical (unpaired) electrons. The van der Waals surface area contributed by atoms with E-state index in [4.69, 9.17) is 0 Å². The summed E-state index contributed by atoms with van der Waals surface area (Å²) < 4.78 is 0.971. The van der Waals surface area contributed by atoms with Crippen LogP contribution in [0, 0.1) is 11.3 Å². The van der Waals surface area contributed by atoms with Gasteiger partial charge in [0.25, 0.3) is 5.91 Å². The average molecular weight is 382 g/mol. The van der Waals surface area contributed by atoms with Gasteiger partial charge in [-0.15, -0.1) is 0 Å². The van der Waals surface area contributed by atoms with E-state index in [0.29, 0.717) is 6.54 Å². The minimum atomic E-state index is -0.269. The number of aryl methyl sites for hydroxylation is 1. The zero-order valence-electron chi connectivity index (χ0n) is 13.0. The van der Waals surface area contributed by atoms with Gasteiger partial charge >= 0.3 is 0 Å². The Kier molecular flexibility index (Phi) is 4.97. The zero-order chi connectivity index (χ0) is 16.9. The molecule has 0 aliphatic carbocycles. The lowest BCUT2D eigenvalue weighted by Crippen LogP contribution is -2.36. The Morgan fingerprint density at radius 3 is 2.71 bits per heavy atom. The fourth-order valence-electron chi connectivity index (χ4n) is 2.73. The molecule has 4 nitrogen and oxygen atoms in total. The SMILES string of the molecule is N#C/C(=C/Nc1ccc(Br)cc1)C(=O)N1CCCc2ccccc21. The molecule has 2 aromatic rings. The summed E-state index contributed by atoms with van der Waals surface area (Å²) in [4.78, 5) is 14.4. The molecule has 0 unspecified atom stereocenters. The van der Waals surface area contributed by atoms with Crippen LogP contribution in [0.4, 0.5) is 11.4 Å². The van der Waals surface area contributed by atoms with E-state index in [0.717, 1.165) is 34.3 Å². The lowest BCUT2D eigenvalue weighted by molar-refractivity contribution is -0.114. The quantitative estimate of drug-likeness (QED) is 0.638. The molecule has 2 aromatic carbocycles. The number of nitrogens with zero attached hydrogens (tertiary/aromatic N) is 2. The van der Waals surface area contributed by atoms with Crippen LogP contribution in [0.5, 0.6) is 0 Å². The molecular weight excluding hydrogens is 366 g/mol. The maximum atomic E-state index is 12.8. The van der Waals surface area contributed by atoms with Crippen molar-refractivity contribution >= 4 is 33.2 Å². The van der Waals surface area contributed by atoms with Crippen LogP contribution in [0.25, 0.3) is 0 Å². The van der Waals surface area contributed by atoms with E-state index in [1.165, 1.54) is 6.20 Å². The van der Waals surface area contributed by atoms with Crippen LogP contribution in [0.1, 0.15) is 12.0 Å². The maximum absolute atomic E-state index is 12.8. The van der Waals surface area contributed by atoms with Crippen molar-refractivity contribution in [1.29, 1.82) is 5.26 Å². The van der Waals surface area contributed by atoms with E-state index in [9.17, 15) is 10.1 Å². The summed E-state index contributed by atoms with van der Waals surface area (Å²) in [6.07, 6.45) is 3.34. The van der Waals surface area contributed by atoms with Gasteiger partial charge < -0.3 is 10.2 Å². The minimum Gasteiger partial charge on any atom is -0.360 e. The van der Waals surface area contributed by atoms with Crippen LogP contribution in [-0.2, 0) is 11.2 Å². The second kappa shape index (κ2) is 7.33. The molecule has 0 atom stereocenters. The highest BCUT2D eigenvalue weighted by molar-refractivity contribution is 9.10. The zero-order valence-corrected chi connectivity index (χ0v) is 14.6. The van der Waals surface area contributed by atoms with Crippen LogP contribution < -0.4 is 10.2 Å². The van der Waals surface area contributed by atoms with Gasteiger partial charge in [0, 0.05) is 28.6 Å². The van der Waals surface area contributed by atoms with Crippen molar-refractivity contribution in [3.05, 3.63) is 70.3 Å². The molecule has 0 spiro atoms. The molecule has 0 bridgehead atoms. The van der Waals surface area contributed by atoms with Crippen molar-refractivity contribution in [2.75, 3.05) is 16.8 Å². The molecule has 0 saturated heterocycles. The number of nitrogens with one attached hydrogen (secondary N) is 1. The maximum Gasteiger partial charge on any atom is 0.270 e. The third-order valence-corrected chi connectivity index (χ3v) is 4.46. The molecule has 0 saturated carbocycles. The summed E-state index contributed by atoms with van der Waals surface area (Å²) in [6, 6.07) is 17.4. The molecular formula is C19H16BrN3O. The monoisotopic (exact) mass is 381 g/mol. The fraction of sp³-hybridized carbons (Fsp3) is 0.158. The molecule has 120 valence electrons. The Balaban J connectivity index is 1.81. The summed E-state index contributed by atoms with van der Waals surface area (Å²) in [6.45, 7) is 0.632. The van der Waals surface area contributed by atoms with Crippen LogP contribution in [0.15, 0.2) is 64.8 Å². The third kappa shape index (κ3) is 3.50. The van der Waals surface area contributed by atoms with Gasteiger partial charge in [-0.3, -0.25) is 4.79 Å². The van der Waals surface area contributed by atoms with Crippen molar-refractivity contribution in [2.45, 2.75) is 12.8 Å². The van der Waals surface area contributed by atoms with Crippen molar-refractivity contribution in [3.8, 4) is 6.07 Å². The van der Waals surface area contributed by atoms with Crippen molar-refractivity contribution in [1.82, 2.24) is 0 Å². The molecule has 1 heterocycles. The number of para-hydroxylation sites is 1.